The number of hydrogen-bond acceptors (Lipinski definition) is 5. The maximum Gasteiger partial charge on any atom is 0.244 e. The van der Waals surface area contributed by atoms with E-state index in [4.69, 9.17) is 4.74 Å². The van der Waals surface area contributed by atoms with E-state index in [0.717, 1.165) is 28.1 Å². The number of methoxy groups -OCH3 is 1. The fraction of sp³-hybridized carbons (Fsp3) is 0.481. The van der Waals surface area contributed by atoms with Crippen LogP contribution in [0.2, 0.25) is 0 Å². The van der Waals surface area contributed by atoms with Gasteiger partial charge in [-0.15, -0.1) is 0 Å². The third-order valence-electron chi connectivity index (χ3n) is 6.22. The van der Waals surface area contributed by atoms with E-state index < -0.39 is 28.5 Å². The third-order valence-corrected chi connectivity index (χ3v) is 7.35. The molecule has 2 aromatic rings. The molecule has 0 heterocycles. The number of carbonyl (C=O) groups excluding carboxylic acids is 2. The van der Waals surface area contributed by atoms with Gasteiger partial charge in [0.2, 0.25) is 21.8 Å². The number of nitrogens with zero attached hydrogens (tertiary/aromatic N) is 2. The highest BCUT2D eigenvalue weighted by Gasteiger charge is 2.32. The molecule has 0 fully saturated rings. The highest BCUT2D eigenvalue weighted by molar-refractivity contribution is 7.92. The van der Waals surface area contributed by atoms with Crippen molar-refractivity contribution in [1.82, 2.24) is 10.2 Å². The number of anilines is 1. The lowest BCUT2D eigenvalue weighted by atomic mass is 10.1. The van der Waals surface area contributed by atoms with Crippen LogP contribution in [-0.2, 0) is 32.6 Å². The first-order valence-electron chi connectivity index (χ1n) is 12.3. The smallest absolute Gasteiger partial charge is 0.244 e. The van der Waals surface area contributed by atoms with Crippen molar-refractivity contribution in [2.75, 3.05) is 24.2 Å². The summed E-state index contributed by atoms with van der Waals surface area (Å²) in [6, 6.07) is 13.6. The third kappa shape index (κ3) is 7.71. The standard InChI is InChI=1S/C27H39N3O5S/c1-7-20(4)28-27(32)24(9-3)29(18-21-14-16-23(35-5)17-15-21)26(31)19-30(36(6,33)34)25-13-11-10-12-22(25)8-2/h10-17,20,24H,7-9,18-19H2,1-6H3,(H,28,32)/t20-,24-/m0/s1. The minimum Gasteiger partial charge on any atom is -0.497 e. The number of benzene rings is 2. The van der Waals surface area contributed by atoms with E-state index in [2.05, 4.69) is 5.32 Å². The summed E-state index contributed by atoms with van der Waals surface area (Å²) in [6.07, 6.45) is 2.84. The van der Waals surface area contributed by atoms with Crippen LogP contribution in [-0.4, -0.2) is 57.1 Å². The van der Waals surface area contributed by atoms with Crippen molar-refractivity contribution in [3.05, 3.63) is 59.7 Å². The van der Waals surface area contributed by atoms with Crippen molar-refractivity contribution in [2.45, 2.75) is 65.6 Å². The maximum absolute atomic E-state index is 13.8. The van der Waals surface area contributed by atoms with Gasteiger partial charge in [0.25, 0.3) is 0 Å². The number of ether oxygens (including phenoxy) is 1. The number of nitrogens with one attached hydrogen (secondary N) is 1. The molecule has 0 aromatic heterocycles. The number of hydrogen-bond donors (Lipinski definition) is 1. The molecule has 0 aliphatic carbocycles. The molecule has 2 amide bonds. The van der Waals surface area contributed by atoms with Gasteiger partial charge >= 0.3 is 0 Å². The average Bonchev–Trinajstić information content (AvgIpc) is 2.86. The van der Waals surface area contributed by atoms with E-state index in [1.807, 2.05) is 52.0 Å². The van der Waals surface area contributed by atoms with Gasteiger partial charge < -0.3 is 15.0 Å². The number of para-hydroxylation sites is 1. The van der Waals surface area contributed by atoms with Crippen LogP contribution in [0.4, 0.5) is 5.69 Å². The van der Waals surface area contributed by atoms with Crippen molar-refractivity contribution < 1.29 is 22.7 Å². The Labute approximate surface area is 215 Å². The number of aryl methyl sites for hydroxylation is 1. The predicted molar refractivity (Wildman–Crippen MR) is 144 cm³/mol. The molecule has 0 aliphatic heterocycles. The Morgan fingerprint density at radius 3 is 2.17 bits per heavy atom. The zero-order valence-corrected chi connectivity index (χ0v) is 23.0. The number of rotatable bonds is 13. The van der Waals surface area contributed by atoms with E-state index in [-0.39, 0.29) is 18.5 Å². The zero-order valence-electron chi connectivity index (χ0n) is 22.2. The lowest BCUT2D eigenvalue weighted by Crippen LogP contribution is -2.53. The van der Waals surface area contributed by atoms with Crippen molar-refractivity contribution in [3.8, 4) is 5.75 Å². The van der Waals surface area contributed by atoms with Gasteiger partial charge in [-0.05, 0) is 55.5 Å². The summed E-state index contributed by atoms with van der Waals surface area (Å²) in [5.41, 5.74) is 2.09. The van der Waals surface area contributed by atoms with Gasteiger partial charge in [0.1, 0.15) is 18.3 Å². The first-order chi connectivity index (χ1) is 17.0. The molecule has 2 atom stereocenters. The van der Waals surface area contributed by atoms with Gasteiger partial charge in [0.15, 0.2) is 0 Å². The SMILES string of the molecule is CCc1ccccc1N(CC(=O)N(Cc1ccc(OC)cc1)[C@@H](CC)C(=O)N[C@@H](C)CC)S(C)(=O)=O. The van der Waals surface area contributed by atoms with Crippen LogP contribution in [0.3, 0.4) is 0 Å². The minimum atomic E-state index is -3.77. The molecule has 0 saturated heterocycles. The summed E-state index contributed by atoms with van der Waals surface area (Å²) in [6.45, 7) is 7.41. The Morgan fingerprint density at radius 2 is 1.64 bits per heavy atom. The number of amides is 2. The molecule has 0 aliphatic rings. The average molecular weight is 518 g/mol. The second kappa shape index (κ2) is 13.3. The molecule has 1 N–H and O–H groups in total. The Morgan fingerprint density at radius 1 is 1.00 bits per heavy atom. The van der Waals surface area contributed by atoms with Crippen molar-refractivity contribution in [3.63, 3.8) is 0 Å². The molecule has 0 radical (unpaired) electrons. The van der Waals surface area contributed by atoms with Crippen molar-refractivity contribution in [1.29, 1.82) is 0 Å². The van der Waals surface area contributed by atoms with E-state index >= 15 is 0 Å². The van der Waals surface area contributed by atoms with Gasteiger partial charge in [-0.2, -0.15) is 0 Å². The van der Waals surface area contributed by atoms with E-state index in [9.17, 15) is 18.0 Å². The highest BCUT2D eigenvalue weighted by atomic mass is 32.2. The predicted octanol–water partition coefficient (Wildman–Crippen LogP) is 3.75. The highest BCUT2D eigenvalue weighted by Crippen LogP contribution is 2.24. The minimum absolute atomic E-state index is 0.0477. The summed E-state index contributed by atoms with van der Waals surface area (Å²) in [5, 5.41) is 2.97. The van der Waals surface area contributed by atoms with Crippen LogP contribution in [0.5, 0.6) is 5.75 Å². The Bertz CT molecular complexity index is 1120. The monoisotopic (exact) mass is 517 g/mol. The van der Waals surface area contributed by atoms with Crippen LogP contribution >= 0.6 is 0 Å². The largest absolute Gasteiger partial charge is 0.497 e. The molecule has 36 heavy (non-hydrogen) atoms. The molecule has 2 rings (SSSR count). The van der Waals surface area contributed by atoms with Gasteiger partial charge in [0, 0.05) is 12.6 Å². The van der Waals surface area contributed by atoms with Gasteiger partial charge in [-0.3, -0.25) is 13.9 Å². The Hall–Kier alpha value is -3.07. The molecular weight excluding hydrogens is 478 g/mol. The zero-order chi connectivity index (χ0) is 26.9. The van der Waals surface area contributed by atoms with E-state index in [1.165, 1.54) is 4.90 Å². The fourth-order valence-electron chi connectivity index (χ4n) is 3.94. The lowest BCUT2D eigenvalue weighted by Gasteiger charge is -2.33. The molecule has 2 aromatic carbocycles. The van der Waals surface area contributed by atoms with E-state index in [1.54, 1.807) is 31.4 Å². The molecule has 0 saturated carbocycles. The summed E-state index contributed by atoms with van der Waals surface area (Å²) < 4.78 is 32.0. The molecule has 8 nitrogen and oxygen atoms in total. The molecular formula is C27H39N3O5S. The molecule has 198 valence electrons. The number of sulfonamides is 1. The Kier molecular flexibility index (Phi) is 10.8. The van der Waals surface area contributed by atoms with Crippen molar-refractivity contribution in [2.24, 2.45) is 0 Å². The van der Waals surface area contributed by atoms with Crippen LogP contribution in [0.15, 0.2) is 48.5 Å². The lowest BCUT2D eigenvalue weighted by molar-refractivity contribution is -0.140. The molecule has 0 bridgehead atoms. The first-order valence-corrected chi connectivity index (χ1v) is 14.2. The van der Waals surface area contributed by atoms with Crippen molar-refractivity contribution >= 4 is 27.5 Å². The summed E-state index contributed by atoms with van der Waals surface area (Å²) in [5.74, 6) is -0.0283. The number of carbonyl (C=O) groups is 2. The van der Waals surface area contributed by atoms with Crippen LogP contribution in [0, 0.1) is 0 Å². The summed E-state index contributed by atoms with van der Waals surface area (Å²) in [4.78, 5) is 28.4. The van der Waals surface area contributed by atoms with Crippen LogP contribution < -0.4 is 14.4 Å². The molecule has 9 heteroatoms. The molecule has 0 spiro atoms. The summed E-state index contributed by atoms with van der Waals surface area (Å²) in [7, 11) is -2.19. The van der Waals surface area contributed by atoms with Crippen LogP contribution in [0.1, 0.15) is 51.7 Å². The van der Waals surface area contributed by atoms with Gasteiger partial charge in [-0.25, -0.2) is 8.42 Å². The second-order valence-corrected chi connectivity index (χ2v) is 10.8. The Balaban J connectivity index is 2.47. The van der Waals surface area contributed by atoms with Gasteiger partial charge in [0.05, 0.1) is 19.1 Å². The first kappa shape index (κ1) is 29.2. The summed E-state index contributed by atoms with van der Waals surface area (Å²) >= 11 is 0. The van der Waals surface area contributed by atoms with Crippen LogP contribution in [0.25, 0.3) is 0 Å². The maximum atomic E-state index is 13.8. The topological polar surface area (TPSA) is 96.0 Å². The molecule has 0 unspecified atom stereocenters. The van der Waals surface area contributed by atoms with Gasteiger partial charge in [-0.1, -0.05) is 51.1 Å². The normalized spacial score (nSPS) is 12.9. The second-order valence-electron chi connectivity index (χ2n) is 8.86. The fourth-order valence-corrected chi connectivity index (χ4v) is 4.82. The van der Waals surface area contributed by atoms with E-state index in [0.29, 0.717) is 24.3 Å². The quantitative estimate of drug-likeness (QED) is 0.437.